The van der Waals surface area contributed by atoms with Crippen LogP contribution in [0.5, 0.6) is 0 Å². The van der Waals surface area contributed by atoms with Gasteiger partial charge in [0.05, 0.1) is 6.61 Å². The van der Waals surface area contributed by atoms with Crippen molar-refractivity contribution < 1.29 is 9.53 Å². The Morgan fingerprint density at radius 1 is 1.25 bits per heavy atom. The number of hydrogen-bond donors (Lipinski definition) is 2. The lowest BCUT2D eigenvalue weighted by molar-refractivity contribution is -0.131. The molecule has 0 saturated carbocycles. The highest BCUT2D eigenvalue weighted by Crippen LogP contribution is 1.91. The highest BCUT2D eigenvalue weighted by Gasteiger charge is 2.11. The van der Waals surface area contributed by atoms with Gasteiger partial charge in [0.25, 0.3) is 0 Å². The molecule has 1 atom stereocenters. The van der Waals surface area contributed by atoms with Gasteiger partial charge in [0.1, 0.15) is 6.10 Å². The van der Waals surface area contributed by atoms with E-state index in [0.29, 0.717) is 12.6 Å². The van der Waals surface area contributed by atoms with Crippen LogP contribution in [-0.4, -0.2) is 37.7 Å². The van der Waals surface area contributed by atoms with Crippen molar-refractivity contribution in [3.8, 4) is 0 Å². The summed E-state index contributed by atoms with van der Waals surface area (Å²) >= 11 is 0. The molecule has 1 amide bonds. The molecule has 0 radical (unpaired) electrons. The fraction of sp³-hybridized carbons (Fsp3) is 0.917. The second-order valence-electron chi connectivity index (χ2n) is 4.27. The average Bonchev–Trinajstić information content (AvgIpc) is 2.24. The molecule has 4 heteroatoms. The van der Waals surface area contributed by atoms with E-state index < -0.39 is 0 Å². The lowest BCUT2D eigenvalue weighted by Crippen LogP contribution is -2.36. The SMILES string of the molecule is CCCCNC(=O)C(C)OCCNC(C)C. The summed E-state index contributed by atoms with van der Waals surface area (Å²) in [5.41, 5.74) is 0. The second-order valence-corrected chi connectivity index (χ2v) is 4.27. The molecule has 0 aliphatic carbocycles. The number of nitrogens with one attached hydrogen (secondary N) is 2. The summed E-state index contributed by atoms with van der Waals surface area (Å²) in [6.07, 6.45) is 1.76. The summed E-state index contributed by atoms with van der Waals surface area (Å²) in [4.78, 5) is 11.5. The molecule has 2 N–H and O–H groups in total. The Morgan fingerprint density at radius 3 is 2.50 bits per heavy atom. The summed E-state index contributed by atoms with van der Waals surface area (Å²) in [6.45, 7) is 10.2. The monoisotopic (exact) mass is 230 g/mol. The molecule has 0 aromatic heterocycles. The van der Waals surface area contributed by atoms with Gasteiger partial charge in [0.2, 0.25) is 5.91 Å². The van der Waals surface area contributed by atoms with Crippen LogP contribution in [0.1, 0.15) is 40.5 Å². The Kier molecular flexibility index (Phi) is 9.24. The van der Waals surface area contributed by atoms with Crippen LogP contribution in [0.25, 0.3) is 0 Å². The Labute approximate surface area is 99.1 Å². The third kappa shape index (κ3) is 8.68. The van der Waals surface area contributed by atoms with Gasteiger partial charge in [-0.15, -0.1) is 0 Å². The first-order chi connectivity index (χ1) is 7.57. The van der Waals surface area contributed by atoms with E-state index in [1.54, 1.807) is 6.92 Å². The maximum atomic E-state index is 11.5. The highest BCUT2D eigenvalue weighted by atomic mass is 16.5. The molecule has 0 aromatic rings. The van der Waals surface area contributed by atoms with Crippen molar-refractivity contribution in [1.29, 1.82) is 0 Å². The van der Waals surface area contributed by atoms with Crippen molar-refractivity contribution in [3.63, 3.8) is 0 Å². The molecule has 96 valence electrons. The number of carbonyl (C=O) groups is 1. The molecule has 0 saturated heterocycles. The number of carbonyl (C=O) groups excluding carboxylic acids is 1. The van der Waals surface area contributed by atoms with Gasteiger partial charge in [-0.2, -0.15) is 0 Å². The van der Waals surface area contributed by atoms with Crippen LogP contribution in [0.2, 0.25) is 0 Å². The zero-order chi connectivity index (χ0) is 12.4. The lowest BCUT2D eigenvalue weighted by Gasteiger charge is -2.14. The van der Waals surface area contributed by atoms with Crippen molar-refractivity contribution in [1.82, 2.24) is 10.6 Å². The van der Waals surface area contributed by atoms with Gasteiger partial charge >= 0.3 is 0 Å². The van der Waals surface area contributed by atoms with Gasteiger partial charge in [-0.05, 0) is 13.3 Å². The van der Waals surface area contributed by atoms with Crippen molar-refractivity contribution in [2.24, 2.45) is 0 Å². The van der Waals surface area contributed by atoms with Gasteiger partial charge in [0, 0.05) is 19.1 Å². The van der Waals surface area contributed by atoms with E-state index in [-0.39, 0.29) is 12.0 Å². The zero-order valence-corrected chi connectivity index (χ0v) is 11.0. The van der Waals surface area contributed by atoms with Gasteiger partial charge in [-0.1, -0.05) is 27.2 Å². The van der Waals surface area contributed by atoms with Crippen molar-refractivity contribution in [2.45, 2.75) is 52.7 Å². The predicted molar refractivity (Wildman–Crippen MR) is 66.5 cm³/mol. The number of hydrogen-bond acceptors (Lipinski definition) is 3. The normalized spacial score (nSPS) is 12.8. The molecule has 0 bridgehead atoms. The van der Waals surface area contributed by atoms with Gasteiger partial charge in [-0.3, -0.25) is 4.79 Å². The first-order valence-electron chi connectivity index (χ1n) is 6.20. The smallest absolute Gasteiger partial charge is 0.248 e. The van der Waals surface area contributed by atoms with E-state index in [2.05, 4.69) is 31.4 Å². The quantitative estimate of drug-likeness (QED) is 0.587. The van der Waals surface area contributed by atoms with Crippen LogP contribution in [0.15, 0.2) is 0 Å². The maximum absolute atomic E-state index is 11.5. The van der Waals surface area contributed by atoms with E-state index in [1.807, 2.05) is 0 Å². The molecule has 0 fully saturated rings. The predicted octanol–water partition coefficient (Wildman–Crippen LogP) is 1.31. The molecule has 0 spiro atoms. The summed E-state index contributed by atoms with van der Waals surface area (Å²) in [5, 5.41) is 6.08. The molecular weight excluding hydrogens is 204 g/mol. The molecule has 0 aliphatic rings. The van der Waals surface area contributed by atoms with Crippen molar-refractivity contribution in [3.05, 3.63) is 0 Å². The minimum Gasteiger partial charge on any atom is -0.367 e. The van der Waals surface area contributed by atoms with E-state index >= 15 is 0 Å². The molecular formula is C12H26N2O2. The lowest BCUT2D eigenvalue weighted by atomic mass is 10.3. The van der Waals surface area contributed by atoms with Gasteiger partial charge in [0.15, 0.2) is 0 Å². The van der Waals surface area contributed by atoms with E-state index in [0.717, 1.165) is 25.9 Å². The van der Waals surface area contributed by atoms with Crippen LogP contribution >= 0.6 is 0 Å². The van der Waals surface area contributed by atoms with E-state index in [4.69, 9.17) is 4.74 Å². The Morgan fingerprint density at radius 2 is 1.94 bits per heavy atom. The standard InChI is InChI=1S/C12H26N2O2/c1-5-6-7-14-12(15)11(4)16-9-8-13-10(2)3/h10-11,13H,5-9H2,1-4H3,(H,14,15). The van der Waals surface area contributed by atoms with Crippen LogP contribution < -0.4 is 10.6 Å². The first-order valence-corrected chi connectivity index (χ1v) is 6.20. The molecule has 0 aromatic carbocycles. The zero-order valence-electron chi connectivity index (χ0n) is 11.0. The summed E-state index contributed by atoms with van der Waals surface area (Å²) in [7, 11) is 0. The summed E-state index contributed by atoms with van der Waals surface area (Å²) in [6, 6.07) is 0.456. The van der Waals surface area contributed by atoms with Crippen molar-refractivity contribution >= 4 is 5.91 Å². The van der Waals surface area contributed by atoms with E-state index in [1.165, 1.54) is 0 Å². The Bertz CT molecular complexity index is 184. The van der Waals surface area contributed by atoms with Crippen LogP contribution in [0.4, 0.5) is 0 Å². The highest BCUT2D eigenvalue weighted by molar-refractivity contribution is 5.80. The van der Waals surface area contributed by atoms with Gasteiger partial charge < -0.3 is 15.4 Å². The summed E-state index contributed by atoms with van der Waals surface area (Å²) in [5.74, 6) is -0.0157. The average molecular weight is 230 g/mol. The molecule has 0 heterocycles. The van der Waals surface area contributed by atoms with Crippen molar-refractivity contribution in [2.75, 3.05) is 19.7 Å². The van der Waals surface area contributed by atoms with Crippen LogP contribution in [0.3, 0.4) is 0 Å². The number of rotatable bonds is 9. The second kappa shape index (κ2) is 9.60. The molecule has 4 nitrogen and oxygen atoms in total. The minimum absolute atomic E-state index is 0.0157. The summed E-state index contributed by atoms with van der Waals surface area (Å²) < 4.78 is 5.41. The number of amides is 1. The van der Waals surface area contributed by atoms with Gasteiger partial charge in [-0.25, -0.2) is 0 Å². The fourth-order valence-corrected chi connectivity index (χ4v) is 1.19. The van der Waals surface area contributed by atoms with Crippen LogP contribution in [-0.2, 0) is 9.53 Å². The third-order valence-corrected chi connectivity index (χ3v) is 2.22. The largest absolute Gasteiger partial charge is 0.367 e. The number of ether oxygens (including phenoxy) is 1. The molecule has 0 aliphatic heterocycles. The minimum atomic E-state index is -0.356. The molecule has 16 heavy (non-hydrogen) atoms. The third-order valence-electron chi connectivity index (χ3n) is 2.22. The van der Waals surface area contributed by atoms with E-state index in [9.17, 15) is 4.79 Å². The molecule has 0 rings (SSSR count). The topological polar surface area (TPSA) is 50.4 Å². The maximum Gasteiger partial charge on any atom is 0.248 e. The first kappa shape index (κ1) is 15.4. The molecule has 1 unspecified atom stereocenters. The Balaban J connectivity index is 3.47. The number of unbranched alkanes of at least 4 members (excludes halogenated alkanes) is 1. The fourth-order valence-electron chi connectivity index (χ4n) is 1.19. The Hall–Kier alpha value is -0.610. The van der Waals surface area contributed by atoms with Crippen LogP contribution in [0, 0.1) is 0 Å².